The van der Waals surface area contributed by atoms with Crippen molar-refractivity contribution in [1.82, 2.24) is 10.2 Å². The number of piperidine rings is 1. The number of aliphatic hydroxyl groups excluding tert-OH is 1. The number of amides is 2. The van der Waals surface area contributed by atoms with E-state index in [0.29, 0.717) is 25.9 Å². The van der Waals surface area contributed by atoms with Crippen LogP contribution in [-0.2, 0) is 25.7 Å². The number of likely N-dealkylation sites (tertiary alicyclic amines) is 1. The van der Waals surface area contributed by atoms with E-state index in [0.717, 1.165) is 5.56 Å². The number of aliphatic hydroxyl groups is 1. The van der Waals surface area contributed by atoms with Gasteiger partial charge in [0.2, 0.25) is 5.91 Å². The Kier molecular flexibility index (Phi) is 5.65. The van der Waals surface area contributed by atoms with Crippen molar-refractivity contribution < 1.29 is 29.0 Å². The van der Waals surface area contributed by atoms with Crippen molar-refractivity contribution in [3.63, 3.8) is 0 Å². The molecule has 8 nitrogen and oxygen atoms in total. The molecule has 2 amide bonds. The van der Waals surface area contributed by atoms with Crippen LogP contribution >= 0.6 is 0 Å². The average molecular weight is 376 g/mol. The van der Waals surface area contributed by atoms with E-state index in [1.54, 1.807) is 11.8 Å². The molecule has 0 saturated carbocycles. The lowest BCUT2D eigenvalue weighted by Gasteiger charge is -2.41. The Morgan fingerprint density at radius 2 is 1.89 bits per heavy atom. The zero-order valence-corrected chi connectivity index (χ0v) is 15.2. The monoisotopic (exact) mass is 376 g/mol. The summed E-state index contributed by atoms with van der Waals surface area (Å²) in [6.07, 6.45) is -1.17. The molecule has 2 aliphatic heterocycles. The Hall–Kier alpha value is -2.61. The van der Waals surface area contributed by atoms with Crippen LogP contribution in [0, 0.1) is 5.92 Å². The van der Waals surface area contributed by atoms with Crippen LogP contribution in [0.4, 0.5) is 4.79 Å². The van der Waals surface area contributed by atoms with E-state index in [2.05, 4.69) is 5.32 Å². The highest BCUT2D eigenvalue weighted by atomic mass is 16.6. The van der Waals surface area contributed by atoms with Gasteiger partial charge in [-0.3, -0.25) is 9.59 Å². The normalized spacial score (nSPS) is 23.8. The molecule has 2 N–H and O–H groups in total. The summed E-state index contributed by atoms with van der Waals surface area (Å²) in [5, 5.41) is 12.9. The maximum Gasteiger partial charge on any atom is 0.410 e. The van der Waals surface area contributed by atoms with Crippen LogP contribution in [0.2, 0.25) is 0 Å². The second-order valence-corrected chi connectivity index (χ2v) is 6.85. The number of rotatable bonds is 4. The quantitative estimate of drug-likeness (QED) is 0.754. The van der Waals surface area contributed by atoms with Crippen LogP contribution in [0.1, 0.15) is 25.3 Å². The van der Waals surface area contributed by atoms with Gasteiger partial charge in [0, 0.05) is 13.1 Å². The van der Waals surface area contributed by atoms with E-state index in [4.69, 9.17) is 9.47 Å². The van der Waals surface area contributed by atoms with Crippen molar-refractivity contribution in [3.05, 3.63) is 35.9 Å². The third-order valence-corrected chi connectivity index (χ3v) is 5.21. The smallest absolute Gasteiger partial charge is 0.410 e. The zero-order chi connectivity index (χ0) is 19.4. The molecule has 0 unspecified atom stereocenters. The minimum atomic E-state index is -1.43. The Balaban J connectivity index is 1.60. The molecule has 27 heavy (non-hydrogen) atoms. The molecule has 2 fully saturated rings. The predicted octanol–water partition coefficient (Wildman–Crippen LogP) is 0.828. The summed E-state index contributed by atoms with van der Waals surface area (Å²) in [5.74, 6) is -2.14. The van der Waals surface area contributed by atoms with Crippen LogP contribution in [0.5, 0.6) is 0 Å². The van der Waals surface area contributed by atoms with Gasteiger partial charge in [-0.2, -0.15) is 0 Å². The molecule has 2 aliphatic rings. The van der Waals surface area contributed by atoms with Crippen molar-refractivity contribution in [3.8, 4) is 0 Å². The minimum Gasteiger partial charge on any atom is -0.466 e. The number of nitrogens with zero attached hydrogens (tertiary/aromatic N) is 1. The van der Waals surface area contributed by atoms with Crippen molar-refractivity contribution >= 4 is 18.0 Å². The van der Waals surface area contributed by atoms with E-state index in [1.165, 1.54) is 0 Å². The van der Waals surface area contributed by atoms with Crippen molar-refractivity contribution in [2.24, 2.45) is 5.92 Å². The second-order valence-electron chi connectivity index (χ2n) is 6.85. The third-order valence-electron chi connectivity index (χ3n) is 5.21. The number of hydrogen-bond acceptors (Lipinski definition) is 6. The summed E-state index contributed by atoms with van der Waals surface area (Å²) >= 11 is 0. The molecule has 1 aromatic carbocycles. The Morgan fingerprint density at radius 3 is 2.52 bits per heavy atom. The molecule has 2 heterocycles. The second kappa shape index (κ2) is 7.96. The van der Waals surface area contributed by atoms with Gasteiger partial charge in [-0.15, -0.1) is 0 Å². The maximum absolute atomic E-state index is 12.3. The molecule has 3 rings (SSSR count). The van der Waals surface area contributed by atoms with E-state index >= 15 is 0 Å². The van der Waals surface area contributed by atoms with Crippen LogP contribution in [0.15, 0.2) is 30.3 Å². The van der Waals surface area contributed by atoms with Gasteiger partial charge in [0.1, 0.15) is 18.6 Å². The largest absolute Gasteiger partial charge is 0.466 e. The number of benzene rings is 1. The number of carbonyl (C=O) groups excluding carboxylic acids is 3. The van der Waals surface area contributed by atoms with Crippen LogP contribution in [0.3, 0.4) is 0 Å². The molecule has 1 aromatic rings. The van der Waals surface area contributed by atoms with Crippen LogP contribution in [0.25, 0.3) is 0 Å². The van der Waals surface area contributed by atoms with Gasteiger partial charge in [-0.05, 0) is 25.3 Å². The molecule has 146 valence electrons. The van der Waals surface area contributed by atoms with Gasteiger partial charge in [-0.1, -0.05) is 30.3 Å². The number of ether oxygens (including phenoxy) is 2. The number of hydrogen-bond donors (Lipinski definition) is 2. The van der Waals surface area contributed by atoms with Gasteiger partial charge >= 0.3 is 12.1 Å². The van der Waals surface area contributed by atoms with E-state index in [9.17, 15) is 19.5 Å². The fraction of sp³-hybridized carbons (Fsp3) is 0.526. The number of nitrogens with one attached hydrogen (secondary N) is 1. The van der Waals surface area contributed by atoms with Crippen molar-refractivity contribution in [1.29, 1.82) is 0 Å². The van der Waals surface area contributed by atoms with Crippen LogP contribution < -0.4 is 5.32 Å². The molecule has 8 heteroatoms. The topological polar surface area (TPSA) is 105 Å². The van der Waals surface area contributed by atoms with Crippen molar-refractivity contribution in [2.45, 2.75) is 38.0 Å². The molecule has 2 saturated heterocycles. The predicted molar refractivity (Wildman–Crippen MR) is 94.4 cm³/mol. The SMILES string of the molecule is CCOC(=O)[C@H]1[C@@H](O)C(=O)NC12CCN(C(=O)OCc1ccccc1)CC2. The standard InChI is InChI=1S/C19H24N2O6/c1-2-26-17(24)14-15(22)16(23)20-19(14)8-10-21(11-9-19)18(25)27-12-13-6-4-3-5-7-13/h3-7,14-15,22H,2,8-12H2,1H3,(H,20,23)/t14-,15-/m1/s1. The summed E-state index contributed by atoms with van der Waals surface area (Å²) < 4.78 is 10.4. The van der Waals surface area contributed by atoms with Gasteiger partial charge in [0.25, 0.3) is 0 Å². The molecule has 1 spiro atoms. The summed E-state index contributed by atoms with van der Waals surface area (Å²) in [6, 6.07) is 9.38. The van der Waals surface area contributed by atoms with E-state index in [1.807, 2.05) is 30.3 Å². The third kappa shape index (κ3) is 3.90. The van der Waals surface area contributed by atoms with Crippen molar-refractivity contribution in [2.75, 3.05) is 19.7 Å². The molecule has 0 bridgehead atoms. The lowest BCUT2D eigenvalue weighted by atomic mass is 9.77. The van der Waals surface area contributed by atoms with Gasteiger partial charge in [0.15, 0.2) is 0 Å². The maximum atomic E-state index is 12.3. The lowest BCUT2D eigenvalue weighted by molar-refractivity contribution is -0.155. The molecule has 2 atom stereocenters. The fourth-order valence-electron chi connectivity index (χ4n) is 3.77. The average Bonchev–Trinajstić information content (AvgIpc) is 2.91. The number of esters is 1. The summed E-state index contributed by atoms with van der Waals surface area (Å²) in [4.78, 5) is 38.1. The highest BCUT2D eigenvalue weighted by molar-refractivity contribution is 5.92. The molecular weight excluding hydrogens is 352 g/mol. The summed E-state index contributed by atoms with van der Waals surface area (Å²) in [6.45, 7) is 2.66. The first-order valence-corrected chi connectivity index (χ1v) is 9.09. The summed E-state index contributed by atoms with van der Waals surface area (Å²) in [5.41, 5.74) is 0.00627. The van der Waals surface area contributed by atoms with Gasteiger partial charge in [-0.25, -0.2) is 4.79 Å². The fourth-order valence-corrected chi connectivity index (χ4v) is 3.77. The Labute approximate surface area is 157 Å². The number of carbonyl (C=O) groups is 3. The minimum absolute atomic E-state index is 0.171. The van der Waals surface area contributed by atoms with Gasteiger partial charge in [0.05, 0.1) is 12.1 Å². The molecule has 0 aromatic heterocycles. The van der Waals surface area contributed by atoms with Gasteiger partial charge < -0.3 is 24.8 Å². The lowest BCUT2D eigenvalue weighted by Crippen LogP contribution is -2.57. The van der Waals surface area contributed by atoms with E-state index < -0.39 is 35.5 Å². The van der Waals surface area contributed by atoms with Crippen LogP contribution in [-0.4, -0.2) is 59.3 Å². The first-order chi connectivity index (χ1) is 13.0. The zero-order valence-electron chi connectivity index (χ0n) is 15.2. The molecule has 0 aliphatic carbocycles. The van der Waals surface area contributed by atoms with E-state index in [-0.39, 0.29) is 13.2 Å². The first-order valence-electron chi connectivity index (χ1n) is 9.09. The molecule has 0 radical (unpaired) electrons. The highest BCUT2D eigenvalue weighted by Gasteiger charge is 2.58. The molecular formula is C19H24N2O6. The Morgan fingerprint density at radius 1 is 1.22 bits per heavy atom. The Bertz CT molecular complexity index is 699. The highest BCUT2D eigenvalue weighted by Crippen LogP contribution is 2.38. The summed E-state index contributed by atoms with van der Waals surface area (Å²) in [7, 11) is 0. The first kappa shape index (κ1) is 19.2.